The van der Waals surface area contributed by atoms with Crippen molar-refractivity contribution in [1.29, 1.82) is 0 Å². The van der Waals surface area contributed by atoms with Gasteiger partial charge in [-0.15, -0.1) is 0 Å². The maximum absolute atomic E-state index is 12.4. The minimum Gasteiger partial charge on any atom is -0.298 e. The number of nitrogens with zero attached hydrogens (tertiary/aromatic N) is 2. The van der Waals surface area contributed by atoms with E-state index < -0.39 is 11.3 Å². The first kappa shape index (κ1) is 13.5. The molecule has 1 amide bonds. The Bertz CT molecular complexity index is 541. The summed E-state index contributed by atoms with van der Waals surface area (Å²) in [4.78, 5) is 24.7. The van der Waals surface area contributed by atoms with Crippen LogP contribution in [-0.2, 0) is 9.59 Å². The fourth-order valence-corrected chi connectivity index (χ4v) is 2.05. The molecule has 4 nitrogen and oxygen atoms in total. The molecule has 100 valence electrons. The molecule has 0 N–H and O–H groups in total. The van der Waals surface area contributed by atoms with Crippen LogP contribution in [0.5, 0.6) is 0 Å². The molecule has 1 aliphatic heterocycles. The van der Waals surface area contributed by atoms with Gasteiger partial charge in [0.05, 0.1) is 11.4 Å². The Labute approximate surface area is 113 Å². The molecule has 0 fully saturated rings. The van der Waals surface area contributed by atoms with Crippen LogP contribution < -0.4 is 5.01 Å². The molecule has 1 aromatic rings. The van der Waals surface area contributed by atoms with Gasteiger partial charge in [-0.05, 0) is 19.1 Å². The molecule has 0 unspecified atom stereocenters. The molecule has 2 rings (SSSR count). The van der Waals surface area contributed by atoms with E-state index in [1.54, 1.807) is 19.1 Å². The summed E-state index contributed by atoms with van der Waals surface area (Å²) in [5.74, 6) is -1.10. The summed E-state index contributed by atoms with van der Waals surface area (Å²) in [6.07, 6.45) is 0. The maximum Gasteiger partial charge on any atom is 0.263 e. The monoisotopic (exact) mass is 258 g/mol. The Hall–Kier alpha value is -1.97. The predicted molar refractivity (Wildman–Crippen MR) is 75.0 cm³/mol. The SMILES string of the molecule is CC1=NN(c2ccccc2)C(=O)[C@@H]1C(=O)C(C)(C)C. The summed E-state index contributed by atoms with van der Waals surface area (Å²) in [5, 5.41) is 5.56. The first-order valence-electron chi connectivity index (χ1n) is 6.31. The molecule has 1 heterocycles. The van der Waals surface area contributed by atoms with Crippen LogP contribution in [0.1, 0.15) is 27.7 Å². The number of Topliss-reactive ketones (excluding diaryl/α,β-unsaturated/α-hetero) is 1. The second-order valence-corrected chi connectivity index (χ2v) is 5.77. The minimum atomic E-state index is -0.750. The van der Waals surface area contributed by atoms with Gasteiger partial charge in [-0.25, -0.2) is 0 Å². The van der Waals surface area contributed by atoms with Crippen molar-refractivity contribution in [2.75, 3.05) is 5.01 Å². The van der Waals surface area contributed by atoms with E-state index in [1.807, 2.05) is 39.0 Å². The number of amides is 1. The lowest BCUT2D eigenvalue weighted by molar-refractivity contribution is -0.134. The van der Waals surface area contributed by atoms with Gasteiger partial charge >= 0.3 is 0 Å². The molecule has 0 aliphatic carbocycles. The molecule has 0 spiro atoms. The van der Waals surface area contributed by atoms with E-state index in [1.165, 1.54) is 5.01 Å². The van der Waals surface area contributed by atoms with Crippen molar-refractivity contribution >= 4 is 23.1 Å². The highest BCUT2D eigenvalue weighted by Gasteiger charge is 2.43. The summed E-state index contributed by atoms with van der Waals surface area (Å²) in [5.41, 5.74) is 0.703. The van der Waals surface area contributed by atoms with Gasteiger partial charge in [0.15, 0.2) is 5.78 Å². The summed E-state index contributed by atoms with van der Waals surface area (Å²) in [7, 11) is 0. The second kappa shape index (κ2) is 4.61. The normalized spacial score (nSPS) is 19.6. The second-order valence-electron chi connectivity index (χ2n) is 5.77. The van der Waals surface area contributed by atoms with E-state index in [9.17, 15) is 9.59 Å². The fourth-order valence-electron chi connectivity index (χ4n) is 2.05. The number of carbonyl (C=O) groups is 2. The Kier molecular flexibility index (Phi) is 3.27. The first-order chi connectivity index (χ1) is 8.82. The van der Waals surface area contributed by atoms with Crippen LogP contribution in [0.25, 0.3) is 0 Å². The molecule has 19 heavy (non-hydrogen) atoms. The van der Waals surface area contributed by atoms with Crippen molar-refractivity contribution in [3.63, 3.8) is 0 Å². The molecule has 0 saturated carbocycles. The Morgan fingerprint density at radius 3 is 2.32 bits per heavy atom. The molecular weight excluding hydrogens is 240 g/mol. The third-order valence-electron chi connectivity index (χ3n) is 3.13. The van der Waals surface area contributed by atoms with Gasteiger partial charge in [-0.1, -0.05) is 39.0 Å². The third-order valence-corrected chi connectivity index (χ3v) is 3.13. The van der Waals surface area contributed by atoms with Crippen molar-refractivity contribution in [3.05, 3.63) is 30.3 Å². The molecular formula is C15H18N2O2. The van der Waals surface area contributed by atoms with Crippen LogP contribution >= 0.6 is 0 Å². The minimum absolute atomic E-state index is 0.0859. The van der Waals surface area contributed by atoms with E-state index >= 15 is 0 Å². The van der Waals surface area contributed by atoms with Gasteiger partial charge in [0.25, 0.3) is 5.91 Å². The summed E-state index contributed by atoms with van der Waals surface area (Å²) >= 11 is 0. The largest absolute Gasteiger partial charge is 0.298 e. The van der Waals surface area contributed by atoms with Crippen LogP contribution in [0, 0.1) is 11.3 Å². The van der Waals surface area contributed by atoms with Gasteiger partial charge in [0, 0.05) is 5.41 Å². The lowest BCUT2D eigenvalue weighted by Crippen LogP contribution is -2.38. The Balaban J connectivity index is 2.32. The van der Waals surface area contributed by atoms with Gasteiger partial charge in [-0.2, -0.15) is 10.1 Å². The van der Waals surface area contributed by atoms with Gasteiger partial charge in [0.2, 0.25) is 0 Å². The highest BCUT2D eigenvalue weighted by Crippen LogP contribution is 2.29. The number of benzene rings is 1. The van der Waals surface area contributed by atoms with Crippen LogP contribution in [0.2, 0.25) is 0 Å². The first-order valence-corrected chi connectivity index (χ1v) is 6.31. The molecule has 0 bridgehead atoms. The fraction of sp³-hybridized carbons (Fsp3) is 0.400. The number of rotatable bonds is 2. The number of anilines is 1. The summed E-state index contributed by atoms with van der Waals surface area (Å²) in [6.45, 7) is 7.19. The van der Waals surface area contributed by atoms with Crippen molar-refractivity contribution in [1.82, 2.24) is 0 Å². The van der Waals surface area contributed by atoms with Gasteiger partial charge < -0.3 is 0 Å². The quantitative estimate of drug-likeness (QED) is 0.766. The molecule has 0 radical (unpaired) electrons. The zero-order chi connectivity index (χ0) is 14.2. The van der Waals surface area contributed by atoms with E-state index in [2.05, 4.69) is 5.10 Å². The molecule has 0 saturated heterocycles. The number of hydrogen-bond acceptors (Lipinski definition) is 3. The topological polar surface area (TPSA) is 49.7 Å². The number of hydrazone groups is 1. The zero-order valence-electron chi connectivity index (χ0n) is 11.7. The van der Waals surface area contributed by atoms with Crippen LogP contribution in [0.15, 0.2) is 35.4 Å². The predicted octanol–water partition coefficient (Wildman–Crippen LogP) is 2.64. The van der Waals surface area contributed by atoms with E-state index in [0.717, 1.165) is 0 Å². The summed E-state index contributed by atoms with van der Waals surface area (Å²) in [6, 6.07) is 9.16. The van der Waals surface area contributed by atoms with Crippen molar-refractivity contribution in [2.24, 2.45) is 16.4 Å². The Morgan fingerprint density at radius 1 is 1.21 bits per heavy atom. The number of hydrogen-bond donors (Lipinski definition) is 0. The highest BCUT2D eigenvalue weighted by atomic mass is 16.2. The van der Waals surface area contributed by atoms with E-state index in [4.69, 9.17) is 0 Å². The van der Waals surface area contributed by atoms with Crippen LogP contribution in [-0.4, -0.2) is 17.4 Å². The van der Waals surface area contributed by atoms with Gasteiger partial charge in [0.1, 0.15) is 5.92 Å². The lowest BCUT2D eigenvalue weighted by atomic mass is 9.81. The number of carbonyl (C=O) groups excluding carboxylic acids is 2. The average Bonchev–Trinajstić information content (AvgIpc) is 2.64. The standard InChI is InChI=1S/C15H18N2O2/c1-10-12(13(18)15(2,3)4)14(19)17(16-10)11-8-6-5-7-9-11/h5-9,12H,1-4H3/t12-/m0/s1. The van der Waals surface area contributed by atoms with Gasteiger partial charge in [-0.3, -0.25) is 9.59 Å². The maximum atomic E-state index is 12.4. The molecule has 1 aliphatic rings. The molecule has 0 aromatic heterocycles. The molecule has 1 atom stereocenters. The summed E-state index contributed by atoms with van der Waals surface area (Å²) < 4.78 is 0. The smallest absolute Gasteiger partial charge is 0.263 e. The average molecular weight is 258 g/mol. The third kappa shape index (κ3) is 2.43. The van der Waals surface area contributed by atoms with Crippen molar-refractivity contribution in [3.8, 4) is 0 Å². The van der Waals surface area contributed by atoms with Crippen molar-refractivity contribution in [2.45, 2.75) is 27.7 Å². The van der Waals surface area contributed by atoms with E-state index in [0.29, 0.717) is 11.4 Å². The number of ketones is 1. The van der Waals surface area contributed by atoms with Crippen LogP contribution in [0.4, 0.5) is 5.69 Å². The molecule has 4 heteroatoms. The van der Waals surface area contributed by atoms with E-state index in [-0.39, 0.29) is 11.7 Å². The molecule has 1 aromatic carbocycles. The lowest BCUT2D eigenvalue weighted by Gasteiger charge is -2.21. The zero-order valence-corrected chi connectivity index (χ0v) is 11.7. The Morgan fingerprint density at radius 2 is 1.79 bits per heavy atom. The number of para-hydroxylation sites is 1. The highest BCUT2D eigenvalue weighted by molar-refractivity contribution is 6.27. The van der Waals surface area contributed by atoms with Crippen molar-refractivity contribution < 1.29 is 9.59 Å². The van der Waals surface area contributed by atoms with Crippen LogP contribution in [0.3, 0.4) is 0 Å².